The lowest BCUT2D eigenvalue weighted by molar-refractivity contribution is 0.915. The van der Waals surface area contributed by atoms with Crippen molar-refractivity contribution in [2.45, 2.75) is 19.9 Å². The lowest BCUT2D eigenvalue weighted by Crippen LogP contribution is -2.05. The van der Waals surface area contributed by atoms with E-state index in [-0.39, 0.29) is 0 Å². The number of halogens is 1. The molecule has 88 valence electrons. The number of rotatable bonds is 4. The number of hydrogen-bond acceptors (Lipinski definition) is 5. The summed E-state index contributed by atoms with van der Waals surface area (Å²) < 4.78 is 0.787. The van der Waals surface area contributed by atoms with Gasteiger partial charge in [0.05, 0.1) is 12.2 Å². The van der Waals surface area contributed by atoms with Crippen LogP contribution in [0.15, 0.2) is 29.3 Å². The molecule has 2 aromatic heterocycles. The van der Waals surface area contributed by atoms with E-state index in [1.807, 2.05) is 19.1 Å². The first-order valence-corrected chi connectivity index (χ1v) is 6.09. The van der Waals surface area contributed by atoms with Crippen molar-refractivity contribution in [1.82, 2.24) is 19.9 Å². The molecule has 0 amide bonds. The molecule has 0 spiro atoms. The summed E-state index contributed by atoms with van der Waals surface area (Å²) in [5, 5.41) is 3.21. The Hall–Kier alpha value is -1.56. The second-order valence-corrected chi connectivity index (χ2v) is 4.21. The number of nitrogens with zero attached hydrogens (tertiary/aromatic N) is 4. The molecule has 17 heavy (non-hydrogen) atoms. The number of anilines is 1. The van der Waals surface area contributed by atoms with Gasteiger partial charge in [-0.1, -0.05) is 6.92 Å². The monoisotopic (exact) mass is 293 g/mol. The van der Waals surface area contributed by atoms with Crippen LogP contribution in [0.1, 0.15) is 18.4 Å². The summed E-state index contributed by atoms with van der Waals surface area (Å²) in [5.41, 5.74) is 0.924. The van der Waals surface area contributed by atoms with Crippen molar-refractivity contribution in [3.63, 3.8) is 0 Å². The summed E-state index contributed by atoms with van der Waals surface area (Å²) in [4.78, 5) is 16.6. The minimum absolute atomic E-state index is 0.620. The first kappa shape index (κ1) is 11.9. The molecule has 2 heterocycles. The lowest BCUT2D eigenvalue weighted by atomic mass is 10.4. The van der Waals surface area contributed by atoms with Gasteiger partial charge in [0, 0.05) is 18.7 Å². The van der Waals surface area contributed by atoms with Crippen LogP contribution in [0.5, 0.6) is 0 Å². The summed E-state index contributed by atoms with van der Waals surface area (Å²) in [6.07, 6.45) is 4.06. The Labute approximate surface area is 108 Å². The van der Waals surface area contributed by atoms with Crippen LogP contribution in [-0.2, 0) is 13.0 Å². The highest BCUT2D eigenvalue weighted by Gasteiger charge is 2.01. The molecule has 0 atom stereocenters. The van der Waals surface area contributed by atoms with Crippen LogP contribution in [0.25, 0.3) is 0 Å². The van der Waals surface area contributed by atoms with Gasteiger partial charge in [-0.3, -0.25) is 0 Å². The predicted octanol–water partition coefficient (Wildman–Crippen LogP) is 2.20. The Morgan fingerprint density at radius 2 is 2.24 bits per heavy atom. The molecule has 0 fully saturated rings. The third-order valence-corrected chi connectivity index (χ3v) is 2.56. The lowest BCUT2D eigenvalue weighted by Gasteiger charge is -2.06. The third-order valence-electron chi connectivity index (χ3n) is 2.15. The quantitative estimate of drug-likeness (QED) is 0.876. The summed E-state index contributed by atoms with van der Waals surface area (Å²) in [5.74, 6) is 1.60. The van der Waals surface area contributed by atoms with Gasteiger partial charge in [-0.25, -0.2) is 19.9 Å². The van der Waals surface area contributed by atoms with E-state index in [0.717, 1.165) is 28.4 Å². The molecule has 2 rings (SSSR count). The van der Waals surface area contributed by atoms with Crippen LogP contribution in [-0.4, -0.2) is 19.9 Å². The van der Waals surface area contributed by atoms with Crippen molar-refractivity contribution in [3.05, 3.63) is 40.8 Å². The standard InChI is InChI=1S/C11H12BrN5/c1-2-10-16-9(12)5-11(17-10)14-6-8-3-4-13-7-15-8/h3-5,7H,2,6H2,1H3,(H,14,16,17). The fourth-order valence-electron chi connectivity index (χ4n) is 1.32. The van der Waals surface area contributed by atoms with Gasteiger partial charge in [-0.15, -0.1) is 0 Å². The normalized spacial score (nSPS) is 10.2. The molecule has 0 saturated carbocycles. The van der Waals surface area contributed by atoms with Crippen molar-refractivity contribution in [1.29, 1.82) is 0 Å². The minimum Gasteiger partial charge on any atom is -0.364 e. The van der Waals surface area contributed by atoms with Crippen molar-refractivity contribution in [2.75, 3.05) is 5.32 Å². The van der Waals surface area contributed by atoms with Crippen LogP contribution in [0.2, 0.25) is 0 Å². The van der Waals surface area contributed by atoms with E-state index in [9.17, 15) is 0 Å². The Bertz CT molecular complexity index is 488. The third kappa shape index (κ3) is 3.45. The zero-order valence-corrected chi connectivity index (χ0v) is 11.0. The number of aryl methyl sites for hydroxylation is 1. The summed E-state index contributed by atoms with van der Waals surface area (Å²) in [7, 11) is 0. The Morgan fingerprint density at radius 1 is 1.35 bits per heavy atom. The maximum atomic E-state index is 4.37. The van der Waals surface area contributed by atoms with Gasteiger partial charge in [-0.2, -0.15) is 0 Å². The number of nitrogens with one attached hydrogen (secondary N) is 1. The average Bonchev–Trinajstić information content (AvgIpc) is 2.37. The first-order valence-electron chi connectivity index (χ1n) is 5.30. The Balaban J connectivity index is 2.06. The zero-order valence-electron chi connectivity index (χ0n) is 9.39. The second kappa shape index (κ2) is 5.67. The van der Waals surface area contributed by atoms with Crippen molar-refractivity contribution < 1.29 is 0 Å². The van der Waals surface area contributed by atoms with Crippen LogP contribution < -0.4 is 5.32 Å². The fourth-order valence-corrected chi connectivity index (χ4v) is 1.74. The minimum atomic E-state index is 0.620. The molecule has 0 saturated heterocycles. The molecule has 0 bridgehead atoms. The maximum absolute atomic E-state index is 4.37. The number of aromatic nitrogens is 4. The SMILES string of the molecule is CCc1nc(Br)cc(NCc2ccncn2)n1. The topological polar surface area (TPSA) is 63.6 Å². The predicted molar refractivity (Wildman–Crippen MR) is 68.5 cm³/mol. The molecule has 0 aromatic carbocycles. The van der Waals surface area contributed by atoms with Crippen LogP contribution in [0, 0.1) is 0 Å². The van der Waals surface area contributed by atoms with E-state index in [0.29, 0.717) is 6.54 Å². The highest BCUT2D eigenvalue weighted by atomic mass is 79.9. The Morgan fingerprint density at radius 3 is 2.94 bits per heavy atom. The van der Waals surface area contributed by atoms with Crippen LogP contribution >= 0.6 is 15.9 Å². The van der Waals surface area contributed by atoms with Crippen molar-refractivity contribution in [2.24, 2.45) is 0 Å². The maximum Gasteiger partial charge on any atom is 0.131 e. The molecule has 1 N–H and O–H groups in total. The van der Waals surface area contributed by atoms with E-state index in [4.69, 9.17) is 0 Å². The molecule has 0 unspecified atom stereocenters. The van der Waals surface area contributed by atoms with Crippen molar-refractivity contribution in [3.8, 4) is 0 Å². The molecule has 6 heteroatoms. The van der Waals surface area contributed by atoms with E-state index in [1.54, 1.807) is 6.20 Å². The molecule has 0 aliphatic rings. The first-order chi connectivity index (χ1) is 8.28. The fraction of sp³-hybridized carbons (Fsp3) is 0.273. The highest BCUT2D eigenvalue weighted by Crippen LogP contribution is 2.13. The summed E-state index contributed by atoms with van der Waals surface area (Å²) >= 11 is 3.36. The van der Waals surface area contributed by atoms with Gasteiger partial charge in [0.15, 0.2) is 0 Å². The van der Waals surface area contributed by atoms with Crippen LogP contribution in [0.4, 0.5) is 5.82 Å². The molecular weight excluding hydrogens is 282 g/mol. The van der Waals surface area contributed by atoms with E-state index < -0.39 is 0 Å². The van der Waals surface area contributed by atoms with E-state index in [1.165, 1.54) is 6.33 Å². The molecular formula is C11H12BrN5. The summed E-state index contributed by atoms with van der Waals surface area (Å²) in [6, 6.07) is 3.71. The van der Waals surface area contributed by atoms with E-state index >= 15 is 0 Å². The molecule has 0 aliphatic carbocycles. The average molecular weight is 294 g/mol. The molecule has 0 radical (unpaired) electrons. The van der Waals surface area contributed by atoms with Gasteiger partial charge in [0.2, 0.25) is 0 Å². The molecule has 0 aliphatic heterocycles. The van der Waals surface area contributed by atoms with Gasteiger partial charge >= 0.3 is 0 Å². The van der Waals surface area contributed by atoms with Gasteiger partial charge in [0.1, 0.15) is 22.6 Å². The second-order valence-electron chi connectivity index (χ2n) is 3.40. The zero-order chi connectivity index (χ0) is 12.1. The number of hydrogen-bond donors (Lipinski definition) is 1. The van der Waals surface area contributed by atoms with Gasteiger partial charge in [0.25, 0.3) is 0 Å². The van der Waals surface area contributed by atoms with Gasteiger partial charge in [-0.05, 0) is 22.0 Å². The smallest absolute Gasteiger partial charge is 0.131 e. The Kier molecular flexibility index (Phi) is 3.98. The van der Waals surface area contributed by atoms with E-state index in [2.05, 4.69) is 41.2 Å². The largest absolute Gasteiger partial charge is 0.364 e. The molecule has 2 aromatic rings. The molecule has 5 nitrogen and oxygen atoms in total. The van der Waals surface area contributed by atoms with Gasteiger partial charge < -0.3 is 5.32 Å². The summed E-state index contributed by atoms with van der Waals surface area (Å²) in [6.45, 7) is 2.64. The highest BCUT2D eigenvalue weighted by molar-refractivity contribution is 9.10. The van der Waals surface area contributed by atoms with Crippen LogP contribution in [0.3, 0.4) is 0 Å². The van der Waals surface area contributed by atoms with Crippen molar-refractivity contribution >= 4 is 21.7 Å².